The maximum Gasteiger partial charge on any atom is 0.331 e. The van der Waals surface area contributed by atoms with Crippen LogP contribution in [0.3, 0.4) is 0 Å². The second kappa shape index (κ2) is 8.85. The molecule has 0 amide bonds. The van der Waals surface area contributed by atoms with Gasteiger partial charge in [-0.2, -0.15) is 0 Å². The first-order valence-electron chi connectivity index (χ1n) is 10.2. The van der Waals surface area contributed by atoms with Gasteiger partial charge in [0.2, 0.25) is 5.88 Å². The minimum atomic E-state index is -0.650. The van der Waals surface area contributed by atoms with Gasteiger partial charge in [-0.25, -0.2) is 4.79 Å². The number of nitrogens with zero attached hydrogens (tertiary/aromatic N) is 2. The van der Waals surface area contributed by atoms with E-state index >= 15 is 0 Å². The average molecular weight is 438 g/mol. The number of aliphatic imine (C=N–C) groups is 1. The second-order valence-electron chi connectivity index (χ2n) is 7.39. The van der Waals surface area contributed by atoms with E-state index in [1.165, 1.54) is 4.57 Å². The molecule has 1 aliphatic heterocycles. The highest BCUT2D eigenvalue weighted by atomic mass is 32.2. The van der Waals surface area contributed by atoms with E-state index in [1.807, 2.05) is 43.3 Å². The minimum absolute atomic E-state index is 0.0248. The number of thioether (sulfide) groups is 1. The van der Waals surface area contributed by atoms with Gasteiger partial charge in [-0.3, -0.25) is 19.3 Å². The van der Waals surface area contributed by atoms with Crippen LogP contribution in [0.1, 0.15) is 42.6 Å². The van der Waals surface area contributed by atoms with Crippen LogP contribution < -0.4 is 11.2 Å². The molecule has 8 heteroatoms. The van der Waals surface area contributed by atoms with Crippen LogP contribution >= 0.6 is 11.8 Å². The van der Waals surface area contributed by atoms with E-state index < -0.39 is 11.2 Å². The number of aromatic amines is 1. The zero-order valence-electron chi connectivity index (χ0n) is 17.0. The van der Waals surface area contributed by atoms with Crippen molar-refractivity contribution in [1.29, 1.82) is 0 Å². The zero-order chi connectivity index (χ0) is 22.0. The summed E-state index contributed by atoms with van der Waals surface area (Å²) < 4.78 is 1.20. The van der Waals surface area contributed by atoms with Crippen LogP contribution in [0.25, 0.3) is 0 Å². The molecule has 31 heavy (non-hydrogen) atoms. The highest BCUT2D eigenvalue weighted by Crippen LogP contribution is 2.45. The Morgan fingerprint density at radius 3 is 2.61 bits per heavy atom. The predicted molar refractivity (Wildman–Crippen MR) is 122 cm³/mol. The third-order valence-corrected chi connectivity index (χ3v) is 6.55. The number of benzene rings is 2. The van der Waals surface area contributed by atoms with Gasteiger partial charge in [0.1, 0.15) is 11.3 Å². The lowest BCUT2D eigenvalue weighted by atomic mass is 10.0. The molecule has 0 saturated carbocycles. The van der Waals surface area contributed by atoms with Gasteiger partial charge in [0.25, 0.3) is 5.56 Å². The fraction of sp³-hybridized carbons (Fsp3) is 0.261. The van der Waals surface area contributed by atoms with Crippen molar-refractivity contribution in [1.82, 2.24) is 9.55 Å². The van der Waals surface area contributed by atoms with Crippen LogP contribution in [0, 0.1) is 0 Å². The number of unbranched alkanes of at least 4 members (excludes halogenated alkanes) is 1. The molecule has 0 bridgehead atoms. The summed E-state index contributed by atoms with van der Waals surface area (Å²) in [4.78, 5) is 33.0. The summed E-state index contributed by atoms with van der Waals surface area (Å²) in [5.74, 6) is -0.177. The third-order valence-electron chi connectivity index (χ3n) is 5.23. The van der Waals surface area contributed by atoms with Crippen molar-refractivity contribution in [2.45, 2.75) is 42.9 Å². The lowest BCUT2D eigenvalue weighted by molar-refractivity contribution is 0.394. The fourth-order valence-corrected chi connectivity index (χ4v) is 4.82. The maximum absolute atomic E-state index is 12.7. The highest BCUT2D eigenvalue weighted by Gasteiger charge is 2.27. The molecule has 1 aliphatic rings. The van der Waals surface area contributed by atoms with Gasteiger partial charge in [-0.05, 0) is 36.2 Å². The van der Waals surface area contributed by atoms with Gasteiger partial charge < -0.3 is 10.2 Å². The Bertz CT molecular complexity index is 1240. The van der Waals surface area contributed by atoms with Crippen LogP contribution in [0.15, 0.2) is 68.0 Å². The molecule has 0 radical (unpaired) electrons. The van der Waals surface area contributed by atoms with Crippen LogP contribution in [-0.2, 0) is 6.54 Å². The van der Waals surface area contributed by atoms with E-state index in [9.17, 15) is 19.8 Å². The van der Waals surface area contributed by atoms with Crippen LogP contribution in [-0.4, -0.2) is 25.5 Å². The Morgan fingerprint density at radius 2 is 1.87 bits per heavy atom. The van der Waals surface area contributed by atoms with Gasteiger partial charge in [-0.15, -0.1) is 11.8 Å². The van der Waals surface area contributed by atoms with Crippen molar-refractivity contribution in [2.24, 2.45) is 4.99 Å². The van der Waals surface area contributed by atoms with Crippen LogP contribution in [0.2, 0.25) is 0 Å². The number of phenolic OH excluding ortho intramolecular Hbond substituents is 1. The molecule has 1 atom stereocenters. The molecule has 0 saturated heterocycles. The molecule has 3 N–H and O–H groups in total. The summed E-state index contributed by atoms with van der Waals surface area (Å²) in [7, 11) is 0. The first-order valence-corrected chi connectivity index (χ1v) is 11.0. The molecule has 7 nitrogen and oxygen atoms in total. The number of nitrogens with one attached hydrogen (secondary N) is 1. The van der Waals surface area contributed by atoms with Crippen LogP contribution in [0.5, 0.6) is 11.6 Å². The molecule has 1 aromatic heterocycles. The summed E-state index contributed by atoms with van der Waals surface area (Å²) in [6.45, 7) is 2.30. The molecular weight excluding hydrogens is 414 g/mol. The van der Waals surface area contributed by atoms with Gasteiger partial charge >= 0.3 is 5.69 Å². The molecule has 2 aromatic carbocycles. The molecule has 4 rings (SSSR count). The Balaban J connectivity index is 1.87. The van der Waals surface area contributed by atoms with E-state index in [-0.39, 0.29) is 22.4 Å². The van der Waals surface area contributed by atoms with E-state index in [2.05, 4.69) is 4.98 Å². The number of para-hydroxylation sites is 1. The number of aromatic hydroxyl groups is 2. The van der Waals surface area contributed by atoms with Crippen molar-refractivity contribution in [3.05, 3.63) is 80.5 Å². The largest absolute Gasteiger partial charge is 0.508 e. The van der Waals surface area contributed by atoms with Gasteiger partial charge in [0.05, 0.1) is 11.4 Å². The van der Waals surface area contributed by atoms with Crippen molar-refractivity contribution < 1.29 is 10.2 Å². The predicted octanol–water partition coefficient (Wildman–Crippen LogP) is 4.11. The normalized spacial score (nSPS) is 15.8. The monoisotopic (exact) mass is 437 g/mol. The number of hydrogen-bond acceptors (Lipinski definition) is 6. The topological polar surface area (TPSA) is 108 Å². The quantitative estimate of drug-likeness (QED) is 0.557. The molecule has 3 aromatic rings. The first kappa shape index (κ1) is 21.0. The SMILES string of the molecule is CCCCn1c(O)c(C2=Nc3ccccc3S[C@@H](c3ccc(O)cc3)C2)c(=O)[nH]c1=O. The minimum Gasteiger partial charge on any atom is -0.508 e. The van der Waals surface area contributed by atoms with E-state index in [0.29, 0.717) is 30.8 Å². The van der Waals surface area contributed by atoms with Crippen molar-refractivity contribution in [3.63, 3.8) is 0 Å². The molecule has 160 valence electrons. The van der Waals surface area contributed by atoms with Crippen molar-refractivity contribution in [2.75, 3.05) is 0 Å². The maximum atomic E-state index is 12.7. The molecule has 2 heterocycles. The number of aromatic nitrogens is 2. The summed E-state index contributed by atoms with van der Waals surface area (Å²) in [5.41, 5.74) is 0.828. The van der Waals surface area contributed by atoms with Gasteiger partial charge in [0, 0.05) is 23.1 Å². The Labute approximate surface area is 183 Å². The molecular formula is C23H23N3O4S. The number of rotatable bonds is 5. The lowest BCUT2D eigenvalue weighted by Crippen LogP contribution is -2.34. The Kier molecular flexibility index (Phi) is 5.99. The van der Waals surface area contributed by atoms with Crippen molar-refractivity contribution >= 4 is 23.2 Å². The van der Waals surface area contributed by atoms with Crippen LogP contribution in [0.4, 0.5) is 5.69 Å². The van der Waals surface area contributed by atoms with Crippen molar-refractivity contribution in [3.8, 4) is 11.6 Å². The van der Waals surface area contributed by atoms with E-state index in [4.69, 9.17) is 4.99 Å². The molecule has 0 aliphatic carbocycles. The Morgan fingerprint density at radius 1 is 1.13 bits per heavy atom. The summed E-state index contributed by atoms with van der Waals surface area (Å²) in [5, 5.41) is 20.4. The van der Waals surface area contributed by atoms with E-state index in [1.54, 1.807) is 23.9 Å². The number of fused-ring (bicyclic) bond motifs is 1. The number of H-pyrrole nitrogens is 1. The second-order valence-corrected chi connectivity index (χ2v) is 8.64. The van der Waals surface area contributed by atoms with E-state index in [0.717, 1.165) is 16.9 Å². The fourth-order valence-electron chi connectivity index (χ4n) is 3.59. The molecule has 0 fully saturated rings. The number of phenols is 1. The lowest BCUT2D eigenvalue weighted by Gasteiger charge is -2.17. The smallest absolute Gasteiger partial charge is 0.331 e. The summed E-state index contributed by atoms with van der Waals surface area (Å²) in [6, 6.07) is 14.5. The summed E-state index contributed by atoms with van der Waals surface area (Å²) >= 11 is 1.61. The average Bonchev–Trinajstić information content (AvgIpc) is 2.93. The molecule has 0 spiro atoms. The standard InChI is InChI=1S/C23H23N3O4S/c1-2-3-12-26-22(29)20(21(28)25-23(26)30)17-13-19(14-8-10-15(27)11-9-14)31-18-7-5-4-6-16(18)24-17/h4-11,19,27,29H,2-3,12-13H2,1H3,(H,25,28,30)/t19-/m1/s1. The summed E-state index contributed by atoms with van der Waals surface area (Å²) in [6.07, 6.45) is 1.90. The number of hydrogen-bond donors (Lipinski definition) is 3. The van der Waals surface area contributed by atoms with Gasteiger partial charge in [0.15, 0.2) is 0 Å². The Hall–Kier alpha value is -3.26. The highest BCUT2D eigenvalue weighted by molar-refractivity contribution is 7.99. The first-order chi connectivity index (χ1) is 15.0. The third kappa shape index (κ3) is 4.29. The molecule has 0 unspecified atom stereocenters. The van der Waals surface area contributed by atoms with Gasteiger partial charge in [-0.1, -0.05) is 37.6 Å². The zero-order valence-corrected chi connectivity index (χ0v) is 17.9.